The smallest absolute Gasteiger partial charge is 0.339 e. The zero-order valence-corrected chi connectivity index (χ0v) is 15.8. The Labute approximate surface area is 157 Å². The van der Waals surface area contributed by atoms with Crippen LogP contribution in [-0.2, 0) is 23.5 Å². The molecule has 7 nitrogen and oxygen atoms in total. The van der Waals surface area contributed by atoms with Gasteiger partial charge in [0.2, 0.25) is 10.0 Å². The van der Waals surface area contributed by atoms with E-state index in [1.165, 1.54) is 27.3 Å². The average molecular weight is 395 g/mol. The van der Waals surface area contributed by atoms with Gasteiger partial charge in [-0.15, -0.1) is 0 Å². The molecule has 3 rings (SSSR count). The Morgan fingerprint density at radius 2 is 2.04 bits per heavy atom. The number of hydrogen-bond donors (Lipinski definition) is 1. The molecule has 2 heterocycles. The van der Waals surface area contributed by atoms with Crippen LogP contribution in [0.2, 0.25) is 0 Å². The first-order valence-electron chi connectivity index (χ1n) is 8.75. The molecule has 1 unspecified atom stereocenters. The quantitative estimate of drug-likeness (QED) is 0.808. The third-order valence-electron chi connectivity index (χ3n) is 4.81. The van der Waals surface area contributed by atoms with Gasteiger partial charge in [0.1, 0.15) is 11.4 Å². The van der Waals surface area contributed by atoms with Crippen LogP contribution in [-0.4, -0.2) is 52.4 Å². The van der Waals surface area contributed by atoms with Crippen LogP contribution in [0.25, 0.3) is 0 Å². The van der Waals surface area contributed by atoms with Crippen LogP contribution < -0.4 is 0 Å². The van der Waals surface area contributed by atoms with Gasteiger partial charge in [-0.25, -0.2) is 21.9 Å². The predicted octanol–water partition coefficient (Wildman–Crippen LogP) is 2.01. The highest BCUT2D eigenvalue weighted by Gasteiger charge is 2.32. The Kier molecular flexibility index (Phi) is 5.61. The molecule has 1 aromatic heterocycles. The molecule has 27 heavy (non-hydrogen) atoms. The fraction of sp³-hybridized carbons (Fsp3) is 0.444. The second-order valence-corrected chi connectivity index (χ2v) is 8.88. The predicted molar refractivity (Wildman–Crippen MR) is 97.6 cm³/mol. The number of piperidine rings is 1. The lowest BCUT2D eigenvalue weighted by molar-refractivity contribution is 0.0694. The Morgan fingerprint density at radius 3 is 2.70 bits per heavy atom. The number of nitrogens with zero attached hydrogens (tertiary/aromatic N) is 3. The Bertz CT molecular complexity index is 925. The minimum atomic E-state index is -3.50. The lowest BCUT2D eigenvalue weighted by atomic mass is 9.94. The number of aromatic nitrogens is 2. The van der Waals surface area contributed by atoms with Gasteiger partial charge in [-0.3, -0.25) is 4.68 Å². The zero-order chi connectivity index (χ0) is 19.6. The van der Waals surface area contributed by atoms with Gasteiger partial charge in [-0.1, -0.05) is 12.1 Å². The maximum absolute atomic E-state index is 13.0. The summed E-state index contributed by atoms with van der Waals surface area (Å²) in [7, 11) is -1.85. The highest BCUT2D eigenvalue weighted by atomic mass is 32.2. The van der Waals surface area contributed by atoms with Crippen LogP contribution in [0.3, 0.4) is 0 Å². The molecular weight excluding hydrogens is 373 g/mol. The van der Waals surface area contributed by atoms with Crippen molar-refractivity contribution in [2.24, 2.45) is 7.05 Å². The van der Waals surface area contributed by atoms with E-state index in [4.69, 9.17) is 0 Å². The Hall–Kier alpha value is -2.26. The van der Waals surface area contributed by atoms with Crippen molar-refractivity contribution in [3.05, 3.63) is 53.1 Å². The Morgan fingerprint density at radius 1 is 1.33 bits per heavy atom. The first-order valence-corrected chi connectivity index (χ1v) is 10.4. The van der Waals surface area contributed by atoms with Crippen LogP contribution >= 0.6 is 0 Å². The van der Waals surface area contributed by atoms with Crippen LogP contribution in [0.5, 0.6) is 0 Å². The third kappa shape index (κ3) is 4.54. The van der Waals surface area contributed by atoms with Crippen molar-refractivity contribution in [3.63, 3.8) is 0 Å². The highest BCUT2D eigenvalue weighted by Crippen LogP contribution is 2.29. The number of benzene rings is 1. The summed E-state index contributed by atoms with van der Waals surface area (Å²) in [5.41, 5.74) is 1.31. The molecule has 0 saturated carbocycles. The van der Waals surface area contributed by atoms with Gasteiger partial charge >= 0.3 is 5.97 Å². The van der Waals surface area contributed by atoms with E-state index in [9.17, 15) is 22.7 Å². The normalized spacial score (nSPS) is 18.5. The molecule has 0 aliphatic carbocycles. The summed E-state index contributed by atoms with van der Waals surface area (Å²) in [5, 5.41) is 13.6. The molecule has 1 saturated heterocycles. The fourth-order valence-corrected chi connectivity index (χ4v) is 4.98. The first-order chi connectivity index (χ1) is 12.8. The number of carboxylic acids is 1. The van der Waals surface area contributed by atoms with Crippen molar-refractivity contribution in [3.8, 4) is 0 Å². The van der Waals surface area contributed by atoms with E-state index in [0.717, 1.165) is 5.56 Å². The minimum absolute atomic E-state index is 0.0701. The fourth-order valence-electron chi connectivity index (χ4n) is 3.42. The molecule has 0 bridgehead atoms. The minimum Gasteiger partial charge on any atom is -0.478 e. The third-order valence-corrected chi connectivity index (χ3v) is 6.65. The van der Waals surface area contributed by atoms with E-state index in [0.29, 0.717) is 31.5 Å². The average Bonchev–Trinajstić information content (AvgIpc) is 3.04. The van der Waals surface area contributed by atoms with Crippen molar-refractivity contribution < 1.29 is 22.7 Å². The van der Waals surface area contributed by atoms with Gasteiger partial charge in [0, 0.05) is 32.3 Å². The zero-order valence-electron chi connectivity index (χ0n) is 15.0. The molecule has 0 amide bonds. The molecule has 1 atom stereocenters. The molecule has 1 aliphatic heterocycles. The summed E-state index contributed by atoms with van der Waals surface area (Å²) in [5.74, 6) is -1.73. The van der Waals surface area contributed by atoms with Crippen LogP contribution in [0.1, 0.15) is 40.4 Å². The second kappa shape index (κ2) is 7.77. The van der Waals surface area contributed by atoms with Gasteiger partial charge in [0.25, 0.3) is 0 Å². The number of aromatic carboxylic acids is 1. The SMILES string of the molecule is Cn1cc(C(=O)O)c(C2CCCN(S(=O)(=O)CCc3ccc(F)cc3)C2)n1. The number of rotatable bonds is 6. The van der Waals surface area contributed by atoms with Gasteiger partial charge in [0.05, 0.1) is 11.4 Å². The number of hydrogen-bond acceptors (Lipinski definition) is 4. The lowest BCUT2D eigenvalue weighted by Gasteiger charge is -2.31. The van der Waals surface area contributed by atoms with Crippen molar-refractivity contribution >= 4 is 16.0 Å². The summed E-state index contributed by atoms with van der Waals surface area (Å²) in [6.45, 7) is 0.639. The first kappa shape index (κ1) is 19.5. The van der Waals surface area contributed by atoms with E-state index in [-0.39, 0.29) is 29.6 Å². The number of aryl methyl sites for hydroxylation is 2. The molecule has 1 fully saturated rings. The second-order valence-electron chi connectivity index (χ2n) is 6.80. The van der Waals surface area contributed by atoms with E-state index in [1.807, 2.05) is 0 Å². The van der Waals surface area contributed by atoms with Crippen molar-refractivity contribution in [1.29, 1.82) is 0 Å². The summed E-state index contributed by atoms with van der Waals surface area (Å²) >= 11 is 0. The molecule has 146 valence electrons. The van der Waals surface area contributed by atoms with E-state index in [1.54, 1.807) is 19.2 Å². The van der Waals surface area contributed by atoms with Crippen LogP contribution in [0.15, 0.2) is 30.5 Å². The van der Waals surface area contributed by atoms with E-state index < -0.39 is 16.0 Å². The van der Waals surface area contributed by atoms with Crippen molar-refractivity contribution in [2.45, 2.75) is 25.2 Å². The maximum Gasteiger partial charge on any atom is 0.339 e. The van der Waals surface area contributed by atoms with Gasteiger partial charge in [-0.2, -0.15) is 5.10 Å². The number of carbonyl (C=O) groups is 1. The Balaban J connectivity index is 1.71. The molecule has 0 radical (unpaired) electrons. The van der Waals surface area contributed by atoms with Crippen molar-refractivity contribution in [1.82, 2.24) is 14.1 Å². The number of halogens is 1. The summed E-state index contributed by atoms with van der Waals surface area (Å²) in [6, 6.07) is 5.79. The lowest BCUT2D eigenvalue weighted by Crippen LogP contribution is -2.41. The van der Waals surface area contributed by atoms with Crippen LogP contribution in [0.4, 0.5) is 4.39 Å². The molecular formula is C18H22FN3O4S. The maximum atomic E-state index is 13.0. The van der Waals surface area contributed by atoms with Crippen LogP contribution in [0, 0.1) is 5.82 Å². The highest BCUT2D eigenvalue weighted by molar-refractivity contribution is 7.89. The van der Waals surface area contributed by atoms with Gasteiger partial charge < -0.3 is 5.11 Å². The largest absolute Gasteiger partial charge is 0.478 e. The monoisotopic (exact) mass is 395 g/mol. The molecule has 2 aromatic rings. The summed E-state index contributed by atoms with van der Waals surface area (Å²) < 4.78 is 41.3. The van der Waals surface area contributed by atoms with Gasteiger partial charge in [0.15, 0.2) is 0 Å². The molecule has 1 N–H and O–H groups in total. The topological polar surface area (TPSA) is 92.5 Å². The summed E-state index contributed by atoms with van der Waals surface area (Å²) in [6.07, 6.45) is 3.09. The number of carboxylic acid groups (broad SMARTS) is 1. The molecule has 1 aliphatic rings. The van der Waals surface area contributed by atoms with E-state index >= 15 is 0 Å². The van der Waals surface area contributed by atoms with Crippen molar-refractivity contribution in [2.75, 3.05) is 18.8 Å². The molecule has 9 heteroatoms. The number of sulfonamides is 1. The molecule has 0 spiro atoms. The van der Waals surface area contributed by atoms with E-state index in [2.05, 4.69) is 5.10 Å². The summed E-state index contributed by atoms with van der Waals surface area (Å²) in [4.78, 5) is 11.4. The molecule has 1 aromatic carbocycles. The standard InChI is InChI=1S/C18H22FN3O4S/c1-21-12-16(18(23)24)17(20-21)14-3-2-9-22(11-14)27(25,26)10-8-13-4-6-15(19)7-5-13/h4-7,12,14H,2-3,8-11H2,1H3,(H,23,24). The van der Waals surface area contributed by atoms with Gasteiger partial charge in [-0.05, 0) is 37.0 Å².